The van der Waals surface area contributed by atoms with Crippen LogP contribution in [0, 0.1) is 13.8 Å². The maximum atomic E-state index is 13.1. The van der Waals surface area contributed by atoms with Crippen LogP contribution in [0.3, 0.4) is 0 Å². The van der Waals surface area contributed by atoms with Crippen molar-refractivity contribution in [2.45, 2.75) is 59.7 Å². The summed E-state index contributed by atoms with van der Waals surface area (Å²) < 4.78 is 6.76. The van der Waals surface area contributed by atoms with Gasteiger partial charge in [0, 0.05) is 17.1 Å². The monoisotopic (exact) mass is 474 g/mol. The van der Waals surface area contributed by atoms with Crippen LogP contribution in [0.5, 0.6) is 5.75 Å². The Balaban J connectivity index is 2.16. The molecule has 5 nitrogen and oxygen atoms in total. The molecule has 2 amide bonds. The smallest absolute Gasteiger partial charge is 0.261 e. The lowest BCUT2D eigenvalue weighted by molar-refractivity contribution is -0.142. The number of hydrogen-bond acceptors (Lipinski definition) is 3. The third kappa shape index (κ3) is 6.87. The SMILES string of the molecule is CC[C@H](C)NC(=O)[C@H](C)N(Cc1ccc(Br)cc1)C(=O)COc1ccc(C)cc1C. The molecule has 1 N–H and O–H groups in total. The zero-order valence-electron chi connectivity index (χ0n) is 18.4. The molecule has 2 rings (SSSR count). The molecule has 0 fully saturated rings. The molecule has 0 aliphatic rings. The molecular weight excluding hydrogens is 444 g/mol. The molecule has 0 unspecified atom stereocenters. The number of nitrogens with zero attached hydrogens (tertiary/aromatic N) is 1. The van der Waals surface area contributed by atoms with Crippen molar-refractivity contribution in [3.63, 3.8) is 0 Å². The third-order valence-electron chi connectivity index (χ3n) is 5.12. The number of carbonyl (C=O) groups is 2. The van der Waals surface area contributed by atoms with Gasteiger partial charge in [0.15, 0.2) is 6.61 Å². The Kier molecular flexibility index (Phi) is 8.90. The van der Waals surface area contributed by atoms with Crippen molar-refractivity contribution >= 4 is 27.7 Å². The second-order valence-corrected chi connectivity index (χ2v) is 8.62. The van der Waals surface area contributed by atoms with Gasteiger partial charge >= 0.3 is 0 Å². The summed E-state index contributed by atoms with van der Waals surface area (Å²) in [5, 5.41) is 2.97. The molecule has 0 saturated carbocycles. The number of hydrogen-bond donors (Lipinski definition) is 1. The maximum Gasteiger partial charge on any atom is 0.261 e. The summed E-state index contributed by atoms with van der Waals surface area (Å²) in [6.45, 7) is 9.89. The van der Waals surface area contributed by atoms with Crippen molar-refractivity contribution in [1.29, 1.82) is 0 Å². The largest absolute Gasteiger partial charge is 0.483 e. The minimum atomic E-state index is -0.613. The van der Waals surface area contributed by atoms with Gasteiger partial charge in [-0.25, -0.2) is 0 Å². The van der Waals surface area contributed by atoms with Crippen molar-refractivity contribution in [2.24, 2.45) is 0 Å². The topological polar surface area (TPSA) is 58.6 Å². The van der Waals surface area contributed by atoms with Crippen molar-refractivity contribution in [3.05, 3.63) is 63.6 Å². The number of ether oxygens (including phenoxy) is 1. The van der Waals surface area contributed by atoms with Crippen molar-refractivity contribution in [1.82, 2.24) is 10.2 Å². The first kappa shape index (κ1) is 23.9. The highest BCUT2D eigenvalue weighted by molar-refractivity contribution is 9.10. The number of nitrogens with one attached hydrogen (secondary N) is 1. The van der Waals surface area contributed by atoms with E-state index in [1.165, 1.54) is 0 Å². The minimum absolute atomic E-state index is 0.0519. The zero-order chi connectivity index (χ0) is 22.3. The van der Waals surface area contributed by atoms with Gasteiger partial charge in [-0.3, -0.25) is 9.59 Å². The molecule has 0 heterocycles. The molecule has 6 heteroatoms. The maximum absolute atomic E-state index is 13.1. The second kappa shape index (κ2) is 11.2. The average Bonchev–Trinajstić information content (AvgIpc) is 2.71. The molecule has 2 atom stereocenters. The fourth-order valence-electron chi connectivity index (χ4n) is 3.02. The Bertz CT molecular complexity index is 867. The van der Waals surface area contributed by atoms with Gasteiger partial charge in [-0.15, -0.1) is 0 Å². The van der Waals surface area contributed by atoms with E-state index in [4.69, 9.17) is 4.74 Å². The van der Waals surface area contributed by atoms with Crippen LogP contribution in [0.25, 0.3) is 0 Å². The number of halogens is 1. The van der Waals surface area contributed by atoms with E-state index in [1.54, 1.807) is 11.8 Å². The van der Waals surface area contributed by atoms with Crippen LogP contribution in [-0.4, -0.2) is 35.4 Å². The quantitative estimate of drug-likeness (QED) is 0.568. The number of amides is 2. The summed E-state index contributed by atoms with van der Waals surface area (Å²) in [6.07, 6.45) is 0.828. The molecule has 2 aromatic carbocycles. The highest BCUT2D eigenvalue weighted by Gasteiger charge is 2.27. The van der Waals surface area contributed by atoms with E-state index in [-0.39, 0.29) is 24.5 Å². The van der Waals surface area contributed by atoms with Gasteiger partial charge < -0.3 is 15.0 Å². The van der Waals surface area contributed by atoms with E-state index in [9.17, 15) is 9.59 Å². The number of rotatable bonds is 9. The third-order valence-corrected chi connectivity index (χ3v) is 5.64. The number of carbonyl (C=O) groups excluding carboxylic acids is 2. The lowest BCUT2D eigenvalue weighted by atomic mass is 10.1. The summed E-state index contributed by atoms with van der Waals surface area (Å²) in [5.74, 6) is 0.278. The molecular formula is C24H31BrN2O3. The van der Waals surface area contributed by atoms with Crippen LogP contribution >= 0.6 is 15.9 Å². The van der Waals surface area contributed by atoms with Crippen LogP contribution in [0.4, 0.5) is 0 Å². The predicted molar refractivity (Wildman–Crippen MR) is 123 cm³/mol. The molecule has 0 spiro atoms. The molecule has 0 aliphatic heterocycles. The van der Waals surface area contributed by atoms with E-state index < -0.39 is 6.04 Å². The van der Waals surface area contributed by atoms with Crippen LogP contribution in [-0.2, 0) is 16.1 Å². The first-order chi connectivity index (χ1) is 14.2. The van der Waals surface area contributed by atoms with Gasteiger partial charge in [0.2, 0.25) is 5.91 Å². The average molecular weight is 475 g/mol. The van der Waals surface area contributed by atoms with E-state index >= 15 is 0 Å². The van der Waals surface area contributed by atoms with Crippen molar-refractivity contribution in [3.8, 4) is 5.75 Å². The second-order valence-electron chi connectivity index (χ2n) is 7.70. The lowest BCUT2D eigenvalue weighted by Crippen LogP contribution is -2.50. The molecule has 0 aromatic heterocycles. The normalized spacial score (nSPS) is 12.7. The molecule has 30 heavy (non-hydrogen) atoms. The van der Waals surface area contributed by atoms with Gasteiger partial charge in [0.05, 0.1) is 0 Å². The fourth-order valence-corrected chi connectivity index (χ4v) is 3.28. The number of aryl methyl sites for hydroxylation is 2. The van der Waals surface area contributed by atoms with Gasteiger partial charge in [0.25, 0.3) is 5.91 Å². The van der Waals surface area contributed by atoms with E-state index in [1.807, 2.05) is 70.2 Å². The summed E-state index contributed by atoms with van der Waals surface area (Å²) in [4.78, 5) is 27.4. The minimum Gasteiger partial charge on any atom is -0.483 e. The first-order valence-corrected chi connectivity index (χ1v) is 11.0. The Labute approximate surface area is 187 Å². The number of benzene rings is 2. The Morgan fingerprint density at radius 1 is 1.10 bits per heavy atom. The lowest BCUT2D eigenvalue weighted by Gasteiger charge is -2.29. The zero-order valence-corrected chi connectivity index (χ0v) is 20.0. The van der Waals surface area contributed by atoms with Gasteiger partial charge in [-0.2, -0.15) is 0 Å². The van der Waals surface area contributed by atoms with E-state index in [2.05, 4.69) is 21.2 Å². The first-order valence-electron chi connectivity index (χ1n) is 10.3. The van der Waals surface area contributed by atoms with Crippen molar-refractivity contribution in [2.75, 3.05) is 6.61 Å². The Morgan fingerprint density at radius 3 is 2.37 bits per heavy atom. The highest BCUT2D eigenvalue weighted by atomic mass is 79.9. The summed E-state index contributed by atoms with van der Waals surface area (Å²) in [7, 11) is 0. The van der Waals surface area contributed by atoms with Gasteiger partial charge in [0.1, 0.15) is 11.8 Å². The molecule has 162 valence electrons. The standard InChI is InChI=1S/C24H31BrN2O3/c1-6-18(4)26-24(29)19(5)27(14-20-8-10-21(25)11-9-20)23(28)15-30-22-12-7-16(2)13-17(22)3/h7-13,18-19H,6,14-15H2,1-5H3,(H,26,29)/t18-,19-/m0/s1. The van der Waals surface area contributed by atoms with Gasteiger partial charge in [-0.1, -0.05) is 52.7 Å². The summed E-state index contributed by atoms with van der Waals surface area (Å²) >= 11 is 3.43. The predicted octanol–water partition coefficient (Wildman–Crippen LogP) is 4.78. The van der Waals surface area contributed by atoms with Crippen molar-refractivity contribution < 1.29 is 14.3 Å². The summed E-state index contributed by atoms with van der Waals surface area (Å²) in [5.41, 5.74) is 3.06. The van der Waals surface area contributed by atoms with Crippen LogP contribution in [0.15, 0.2) is 46.9 Å². The van der Waals surface area contributed by atoms with Crippen LogP contribution in [0.2, 0.25) is 0 Å². The molecule has 0 radical (unpaired) electrons. The van der Waals surface area contributed by atoms with E-state index in [0.717, 1.165) is 27.6 Å². The molecule has 0 aliphatic carbocycles. The van der Waals surface area contributed by atoms with E-state index in [0.29, 0.717) is 12.3 Å². The molecule has 0 saturated heterocycles. The van der Waals surface area contributed by atoms with Crippen LogP contribution in [0.1, 0.15) is 43.9 Å². The fraction of sp³-hybridized carbons (Fsp3) is 0.417. The Hall–Kier alpha value is -2.34. The Morgan fingerprint density at radius 2 is 1.77 bits per heavy atom. The highest BCUT2D eigenvalue weighted by Crippen LogP contribution is 2.19. The van der Waals surface area contributed by atoms with Gasteiger partial charge in [-0.05, 0) is 63.4 Å². The summed E-state index contributed by atoms with van der Waals surface area (Å²) in [6, 6.07) is 13.0. The molecule has 0 bridgehead atoms. The molecule has 2 aromatic rings. The van der Waals surface area contributed by atoms with Crippen LogP contribution < -0.4 is 10.1 Å².